The number of nitro benzene ring substituents is 1. The van der Waals surface area contributed by atoms with Crippen LogP contribution in [0.2, 0.25) is 0 Å². The summed E-state index contributed by atoms with van der Waals surface area (Å²) in [5, 5.41) is 11.0. The van der Waals surface area contributed by atoms with Crippen LogP contribution in [0, 0.1) is 10.1 Å². The maximum Gasteiger partial charge on any atom is 0.270 e. The van der Waals surface area contributed by atoms with Gasteiger partial charge in [-0.05, 0) is 11.6 Å². The highest BCUT2D eigenvalue weighted by Crippen LogP contribution is 2.34. The van der Waals surface area contributed by atoms with Gasteiger partial charge in [-0.2, -0.15) is 0 Å². The van der Waals surface area contributed by atoms with E-state index in [2.05, 4.69) is 9.71 Å². The lowest BCUT2D eigenvalue weighted by atomic mass is 10.2. The number of thioether (sulfide) groups is 1. The van der Waals surface area contributed by atoms with E-state index in [1.54, 1.807) is 0 Å². The topological polar surface area (TPSA) is 102 Å². The molecule has 23 heavy (non-hydrogen) atoms. The first-order chi connectivity index (χ1) is 11.0. The number of nitrogens with one attached hydrogen (secondary N) is 1. The molecule has 3 rings (SSSR count). The van der Waals surface area contributed by atoms with Gasteiger partial charge in [-0.1, -0.05) is 42.1 Å². The van der Waals surface area contributed by atoms with Gasteiger partial charge in [-0.3, -0.25) is 19.8 Å². The predicted molar refractivity (Wildman–Crippen MR) is 86.9 cm³/mol. The molecule has 0 bridgehead atoms. The van der Waals surface area contributed by atoms with Gasteiger partial charge < -0.3 is 0 Å². The number of hydrogen-bond donors (Lipinski definition) is 1. The molecule has 0 amide bonds. The average molecular weight is 349 g/mol. The van der Waals surface area contributed by atoms with Crippen LogP contribution in [0.25, 0.3) is 0 Å². The van der Waals surface area contributed by atoms with E-state index in [-0.39, 0.29) is 15.8 Å². The second-order valence-corrected chi connectivity index (χ2v) is 7.38. The van der Waals surface area contributed by atoms with E-state index in [0.717, 1.165) is 23.4 Å². The van der Waals surface area contributed by atoms with Crippen LogP contribution in [0.3, 0.4) is 0 Å². The molecule has 118 valence electrons. The van der Waals surface area contributed by atoms with E-state index < -0.39 is 14.9 Å². The lowest BCUT2D eigenvalue weighted by molar-refractivity contribution is -0.385. The van der Waals surface area contributed by atoms with Crippen molar-refractivity contribution in [2.24, 2.45) is 4.99 Å². The first-order valence-corrected chi connectivity index (χ1v) is 8.83. The summed E-state index contributed by atoms with van der Waals surface area (Å²) in [5.74, 6) is 0. The van der Waals surface area contributed by atoms with Crippen molar-refractivity contribution in [2.45, 2.75) is 16.3 Å². The molecule has 1 aliphatic heterocycles. The van der Waals surface area contributed by atoms with E-state index in [0.29, 0.717) is 11.4 Å². The molecule has 1 heterocycles. The molecule has 7 nitrogen and oxygen atoms in total. The smallest absolute Gasteiger partial charge is 0.258 e. The van der Waals surface area contributed by atoms with Crippen LogP contribution >= 0.6 is 11.8 Å². The summed E-state index contributed by atoms with van der Waals surface area (Å²) >= 11 is 1.14. The quantitative estimate of drug-likeness (QED) is 0.678. The zero-order valence-corrected chi connectivity index (χ0v) is 13.3. The Morgan fingerprint density at radius 2 is 1.91 bits per heavy atom. The second-order valence-electron chi connectivity index (χ2n) is 4.70. The molecule has 0 saturated heterocycles. The molecule has 0 radical (unpaired) electrons. The third kappa shape index (κ3) is 3.35. The Morgan fingerprint density at radius 1 is 1.17 bits per heavy atom. The Kier molecular flexibility index (Phi) is 4.05. The van der Waals surface area contributed by atoms with Crippen molar-refractivity contribution >= 4 is 32.6 Å². The van der Waals surface area contributed by atoms with Crippen LogP contribution < -0.4 is 4.72 Å². The molecule has 0 aromatic heterocycles. The van der Waals surface area contributed by atoms with Gasteiger partial charge in [0.15, 0.2) is 5.17 Å². The van der Waals surface area contributed by atoms with Gasteiger partial charge in [0.1, 0.15) is 4.90 Å². The molecule has 1 aliphatic rings. The van der Waals surface area contributed by atoms with Crippen molar-refractivity contribution in [3.05, 3.63) is 64.2 Å². The minimum atomic E-state index is -3.86. The lowest BCUT2D eigenvalue weighted by Crippen LogP contribution is -2.32. The van der Waals surface area contributed by atoms with Crippen molar-refractivity contribution in [2.75, 3.05) is 0 Å². The standard InChI is InChI=1S/C14H11N3O4S2/c18-17(19)11-6-7-12-13(8-11)23(20,21)16-14(22-12)15-9-10-4-2-1-3-5-10/h1-8H,9H2,(H,15,16). The molecule has 0 fully saturated rings. The predicted octanol–water partition coefficient (Wildman–Crippen LogP) is 2.54. The zero-order valence-electron chi connectivity index (χ0n) is 11.7. The third-order valence-electron chi connectivity index (χ3n) is 3.10. The highest BCUT2D eigenvalue weighted by molar-refractivity contribution is 8.16. The number of fused-ring (bicyclic) bond motifs is 1. The monoisotopic (exact) mass is 349 g/mol. The number of nitrogens with zero attached hydrogens (tertiary/aromatic N) is 2. The number of hydrogen-bond acceptors (Lipinski definition) is 6. The van der Waals surface area contributed by atoms with Gasteiger partial charge in [0.25, 0.3) is 15.7 Å². The maximum atomic E-state index is 12.2. The molecule has 2 aromatic rings. The Balaban J connectivity index is 1.91. The Morgan fingerprint density at radius 3 is 2.61 bits per heavy atom. The molecule has 0 unspecified atom stereocenters. The Labute approximate surface area is 136 Å². The zero-order chi connectivity index (χ0) is 16.4. The van der Waals surface area contributed by atoms with E-state index >= 15 is 0 Å². The second kappa shape index (κ2) is 6.01. The van der Waals surface area contributed by atoms with Crippen LogP contribution in [0.5, 0.6) is 0 Å². The minimum Gasteiger partial charge on any atom is -0.258 e. The molecular weight excluding hydrogens is 338 g/mol. The molecule has 0 saturated carbocycles. The van der Waals surface area contributed by atoms with Crippen LogP contribution in [-0.2, 0) is 16.6 Å². The number of nitro groups is 1. The van der Waals surface area contributed by atoms with Gasteiger partial charge in [0.05, 0.1) is 11.5 Å². The number of rotatable bonds is 3. The van der Waals surface area contributed by atoms with Gasteiger partial charge in [-0.25, -0.2) is 8.42 Å². The molecule has 2 aromatic carbocycles. The maximum absolute atomic E-state index is 12.2. The number of amidine groups is 1. The lowest BCUT2D eigenvalue weighted by Gasteiger charge is -2.18. The molecule has 9 heteroatoms. The summed E-state index contributed by atoms with van der Waals surface area (Å²) in [5.41, 5.74) is 0.689. The molecule has 0 spiro atoms. The number of sulfonamides is 1. The van der Waals surface area contributed by atoms with E-state index in [4.69, 9.17) is 0 Å². The fraction of sp³-hybridized carbons (Fsp3) is 0.0714. The summed E-state index contributed by atoms with van der Waals surface area (Å²) in [4.78, 5) is 14.7. The Bertz CT molecular complexity index is 895. The van der Waals surface area contributed by atoms with Crippen LogP contribution in [0.4, 0.5) is 5.69 Å². The van der Waals surface area contributed by atoms with Crippen LogP contribution in [0.15, 0.2) is 63.3 Å². The molecule has 0 atom stereocenters. The van der Waals surface area contributed by atoms with E-state index in [1.165, 1.54) is 12.1 Å². The number of non-ortho nitro benzene ring substituents is 1. The van der Waals surface area contributed by atoms with E-state index in [1.807, 2.05) is 30.3 Å². The normalized spacial score (nSPS) is 17.3. The van der Waals surface area contributed by atoms with Crippen molar-refractivity contribution < 1.29 is 13.3 Å². The number of aliphatic imine (C=N–C) groups is 1. The average Bonchev–Trinajstić information content (AvgIpc) is 2.53. The largest absolute Gasteiger partial charge is 0.270 e. The fourth-order valence-electron chi connectivity index (χ4n) is 2.01. The van der Waals surface area contributed by atoms with Crippen molar-refractivity contribution in [1.82, 2.24) is 4.72 Å². The first kappa shape index (κ1) is 15.5. The summed E-state index contributed by atoms with van der Waals surface area (Å²) in [6.07, 6.45) is 0. The van der Waals surface area contributed by atoms with Crippen LogP contribution in [-0.4, -0.2) is 18.5 Å². The van der Waals surface area contributed by atoms with Gasteiger partial charge in [0, 0.05) is 17.0 Å². The highest BCUT2D eigenvalue weighted by atomic mass is 32.2. The minimum absolute atomic E-state index is 0.102. The van der Waals surface area contributed by atoms with Gasteiger partial charge >= 0.3 is 0 Å². The van der Waals surface area contributed by atoms with Crippen molar-refractivity contribution in [1.29, 1.82) is 0 Å². The summed E-state index contributed by atoms with van der Waals surface area (Å²) < 4.78 is 26.8. The van der Waals surface area contributed by atoms with E-state index in [9.17, 15) is 18.5 Å². The SMILES string of the molecule is O=[N+]([O-])c1ccc2c(c1)S(=O)(=O)NC(=NCc1ccccc1)S2. The summed E-state index contributed by atoms with van der Waals surface area (Å²) in [6.45, 7) is 0.341. The first-order valence-electron chi connectivity index (χ1n) is 6.53. The molecular formula is C14H11N3O4S2. The summed E-state index contributed by atoms with van der Waals surface area (Å²) in [7, 11) is -3.86. The van der Waals surface area contributed by atoms with Crippen molar-refractivity contribution in [3.63, 3.8) is 0 Å². The van der Waals surface area contributed by atoms with Gasteiger partial charge in [-0.15, -0.1) is 0 Å². The fourth-order valence-corrected chi connectivity index (χ4v) is 4.61. The van der Waals surface area contributed by atoms with Crippen molar-refractivity contribution in [3.8, 4) is 0 Å². The van der Waals surface area contributed by atoms with Gasteiger partial charge in [0.2, 0.25) is 0 Å². The summed E-state index contributed by atoms with van der Waals surface area (Å²) in [6, 6.07) is 13.2. The highest BCUT2D eigenvalue weighted by Gasteiger charge is 2.29. The Hall–Kier alpha value is -2.39. The van der Waals surface area contributed by atoms with Crippen LogP contribution in [0.1, 0.15) is 5.56 Å². The third-order valence-corrected chi connectivity index (χ3v) is 5.74. The molecule has 1 N–H and O–H groups in total. The number of benzene rings is 2. The molecule has 0 aliphatic carbocycles.